The number of aryl methyl sites for hydroxylation is 2. The van der Waals surface area contributed by atoms with Gasteiger partial charge in [-0.05, 0) is 48.2 Å². The molecule has 0 aliphatic rings. The first kappa shape index (κ1) is 13.6. The van der Waals surface area contributed by atoms with Crippen LogP contribution >= 0.6 is 0 Å². The third-order valence-corrected chi connectivity index (χ3v) is 3.17. The van der Waals surface area contributed by atoms with Crippen molar-refractivity contribution in [2.24, 2.45) is 5.73 Å². The topological polar surface area (TPSA) is 35.2 Å². The van der Waals surface area contributed by atoms with Crippen LogP contribution in [0, 0.1) is 19.7 Å². The fourth-order valence-electron chi connectivity index (χ4n) is 2.10. The van der Waals surface area contributed by atoms with Gasteiger partial charge in [0.25, 0.3) is 0 Å². The predicted molar refractivity (Wildman–Crippen MR) is 74.5 cm³/mol. The minimum atomic E-state index is -0.267. The molecule has 2 aromatic rings. The summed E-state index contributed by atoms with van der Waals surface area (Å²) in [5.41, 5.74) is 9.52. The number of hydrogen-bond acceptors (Lipinski definition) is 2. The first-order valence-corrected chi connectivity index (χ1v) is 6.28. The Morgan fingerprint density at radius 3 is 2.37 bits per heavy atom. The van der Waals surface area contributed by atoms with Crippen LogP contribution in [0.3, 0.4) is 0 Å². The lowest BCUT2D eigenvalue weighted by molar-refractivity contribution is 0.300. The maximum absolute atomic E-state index is 13.1. The zero-order chi connectivity index (χ0) is 13.8. The molecule has 0 bridgehead atoms. The minimum absolute atomic E-state index is 0.267. The third kappa shape index (κ3) is 3.12. The lowest BCUT2D eigenvalue weighted by Crippen LogP contribution is -2.06. The summed E-state index contributed by atoms with van der Waals surface area (Å²) < 4.78 is 19.0. The average Bonchev–Trinajstić information content (AvgIpc) is 2.39. The molecule has 0 radical (unpaired) electrons. The second-order valence-corrected chi connectivity index (χ2v) is 4.63. The van der Waals surface area contributed by atoms with Crippen LogP contribution in [0.4, 0.5) is 4.39 Å². The highest BCUT2D eigenvalue weighted by Crippen LogP contribution is 2.24. The number of benzene rings is 2. The zero-order valence-electron chi connectivity index (χ0n) is 11.2. The molecule has 0 atom stereocenters. The Morgan fingerprint density at radius 1 is 1.05 bits per heavy atom. The Kier molecular flexibility index (Phi) is 4.17. The Labute approximate surface area is 113 Å². The van der Waals surface area contributed by atoms with Gasteiger partial charge in [0.15, 0.2) is 0 Å². The highest BCUT2D eigenvalue weighted by molar-refractivity contribution is 5.40. The molecule has 2 N–H and O–H groups in total. The highest BCUT2D eigenvalue weighted by atomic mass is 19.1. The van der Waals surface area contributed by atoms with Gasteiger partial charge >= 0.3 is 0 Å². The predicted octanol–water partition coefficient (Wildman–Crippen LogP) is 3.48. The van der Waals surface area contributed by atoms with E-state index in [1.54, 1.807) is 6.07 Å². The normalized spacial score (nSPS) is 10.5. The lowest BCUT2D eigenvalue weighted by Gasteiger charge is -2.14. The van der Waals surface area contributed by atoms with Crippen LogP contribution in [-0.2, 0) is 13.2 Å². The molecule has 0 aromatic heterocycles. The second kappa shape index (κ2) is 5.85. The molecule has 0 amide bonds. The van der Waals surface area contributed by atoms with Gasteiger partial charge in [0, 0.05) is 6.54 Å². The van der Waals surface area contributed by atoms with E-state index < -0.39 is 0 Å². The summed E-state index contributed by atoms with van der Waals surface area (Å²) in [4.78, 5) is 0. The second-order valence-electron chi connectivity index (χ2n) is 4.63. The van der Waals surface area contributed by atoms with Crippen molar-refractivity contribution in [1.29, 1.82) is 0 Å². The number of hydrogen-bond donors (Lipinski definition) is 1. The number of halogens is 1. The molecular weight excluding hydrogens is 241 g/mol. The summed E-state index contributed by atoms with van der Waals surface area (Å²) in [6.45, 7) is 4.73. The van der Waals surface area contributed by atoms with Crippen LogP contribution < -0.4 is 10.5 Å². The van der Waals surface area contributed by atoms with Gasteiger partial charge < -0.3 is 10.5 Å². The molecule has 0 saturated carbocycles. The summed E-state index contributed by atoms with van der Waals surface area (Å²) in [6, 6.07) is 10.6. The first-order chi connectivity index (χ1) is 9.11. The Bertz CT molecular complexity index is 561. The Hall–Kier alpha value is -1.87. The van der Waals surface area contributed by atoms with Crippen LogP contribution in [0.2, 0.25) is 0 Å². The van der Waals surface area contributed by atoms with E-state index in [4.69, 9.17) is 10.5 Å². The van der Waals surface area contributed by atoms with Gasteiger partial charge in [0.2, 0.25) is 0 Å². The number of ether oxygens (including phenoxy) is 1. The van der Waals surface area contributed by atoms with Crippen molar-refractivity contribution in [3.05, 3.63) is 64.5 Å². The fraction of sp³-hybridized carbons (Fsp3) is 0.250. The van der Waals surface area contributed by atoms with Crippen LogP contribution in [0.5, 0.6) is 5.75 Å². The van der Waals surface area contributed by atoms with Crippen molar-refractivity contribution in [2.45, 2.75) is 27.0 Å². The Balaban J connectivity index is 2.19. The zero-order valence-corrected chi connectivity index (χ0v) is 11.2. The summed E-state index contributed by atoms with van der Waals surface area (Å²) in [5, 5.41) is 0. The van der Waals surface area contributed by atoms with E-state index in [-0.39, 0.29) is 5.82 Å². The van der Waals surface area contributed by atoms with E-state index in [0.717, 1.165) is 28.0 Å². The summed E-state index contributed by atoms with van der Waals surface area (Å²) in [6.07, 6.45) is 0. The molecular formula is C16H18FNO. The van der Waals surface area contributed by atoms with Gasteiger partial charge in [-0.25, -0.2) is 4.39 Å². The molecule has 100 valence electrons. The lowest BCUT2D eigenvalue weighted by atomic mass is 10.1. The molecule has 2 rings (SSSR count). The van der Waals surface area contributed by atoms with Gasteiger partial charge in [-0.15, -0.1) is 0 Å². The quantitative estimate of drug-likeness (QED) is 0.912. The van der Waals surface area contributed by atoms with Crippen molar-refractivity contribution in [2.75, 3.05) is 0 Å². The summed E-state index contributed by atoms with van der Waals surface area (Å²) >= 11 is 0. The Morgan fingerprint density at radius 2 is 1.74 bits per heavy atom. The minimum Gasteiger partial charge on any atom is -0.488 e. The molecule has 19 heavy (non-hydrogen) atoms. The SMILES string of the molecule is Cc1cccc(C)c1OCc1ccc(F)cc1CN. The van der Waals surface area contributed by atoms with Gasteiger partial charge in [-0.2, -0.15) is 0 Å². The molecule has 0 saturated heterocycles. The van der Waals surface area contributed by atoms with Crippen LogP contribution in [0.1, 0.15) is 22.3 Å². The molecule has 0 spiro atoms. The van der Waals surface area contributed by atoms with Crippen LogP contribution in [0.15, 0.2) is 36.4 Å². The van der Waals surface area contributed by atoms with Gasteiger partial charge in [-0.3, -0.25) is 0 Å². The molecule has 0 heterocycles. The molecule has 3 heteroatoms. The van der Waals surface area contributed by atoms with E-state index in [1.807, 2.05) is 32.0 Å². The molecule has 0 aliphatic carbocycles. The van der Waals surface area contributed by atoms with Crippen molar-refractivity contribution in [3.8, 4) is 5.75 Å². The van der Waals surface area contributed by atoms with Crippen molar-refractivity contribution in [3.63, 3.8) is 0 Å². The fourth-order valence-corrected chi connectivity index (χ4v) is 2.10. The van der Waals surface area contributed by atoms with Crippen molar-refractivity contribution >= 4 is 0 Å². The summed E-state index contributed by atoms with van der Waals surface area (Å²) in [7, 11) is 0. The maximum Gasteiger partial charge on any atom is 0.125 e. The maximum atomic E-state index is 13.1. The third-order valence-electron chi connectivity index (χ3n) is 3.17. The van der Waals surface area contributed by atoms with E-state index in [2.05, 4.69) is 0 Å². The summed E-state index contributed by atoms with van der Waals surface area (Å²) in [5.74, 6) is 0.617. The molecule has 0 fully saturated rings. The first-order valence-electron chi connectivity index (χ1n) is 6.28. The van der Waals surface area contributed by atoms with E-state index >= 15 is 0 Å². The smallest absolute Gasteiger partial charge is 0.125 e. The number of para-hydroxylation sites is 1. The van der Waals surface area contributed by atoms with Crippen molar-refractivity contribution < 1.29 is 9.13 Å². The monoisotopic (exact) mass is 259 g/mol. The van der Waals surface area contributed by atoms with Crippen LogP contribution in [-0.4, -0.2) is 0 Å². The highest BCUT2D eigenvalue weighted by Gasteiger charge is 2.07. The average molecular weight is 259 g/mol. The van der Waals surface area contributed by atoms with Crippen LogP contribution in [0.25, 0.3) is 0 Å². The number of nitrogens with two attached hydrogens (primary N) is 1. The standard InChI is InChI=1S/C16H18FNO/c1-11-4-3-5-12(2)16(11)19-10-13-6-7-15(17)8-14(13)9-18/h3-8H,9-10,18H2,1-2H3. The molecule has 2 nitrogen and oxygen atoms in total. The van der Waals surface area contributed by atoms with Gasteiger partial charge in [0.1, 0.15) is 18.2 Å². The van der Waals surface area contributed by atoms with Gasteiger partial charge in [-0.1, -0.05) is 24.3 Å². The molecule has 2 aromatic carbocycles. The largest absolute Gasteiger partial charge is 0.488 e. The van der Waals surface area contributed by atoms with E-state index in [0.29, 0.717) is 13.2 Å². The van der Waals surface area contributed by atoms with Gasteiger partial charge in [0.05, 0.1) is 0 Å². The molecule has 0 aliphatic heterocycles. The molecule has 0 unspecified atom stereocenters. The van der Waals surface area contributed by atoms with E-state index in [1.165, 1.54) is 12.1 Å². The van der Waals surface area contributed by atoms with Crippen molar-refractivity contribution in [1.82, 2.24) is 0 Å². The number of rotatable bonds is 4. The van der Waals surface area contributed by atoms with E-state index in [9.17, 15) is 4.39 Å².